The van der Waals surface area contributed by atoms with Gasteiger partial charge in [0.25, 0.3) is 5.91 Å². The van der Waals surface area contributed by atoms with Crippen molar-refractivity contribution in [3.63, 3.8) is 0 Å². The lowest BCUT2D eigenvalue weighted by Crippen LogP contribution is -2.32. The Morgan fingerprint density at radius 2 is 1.86 bits per heavy atom. The van der Waals surface area contributed by atoms with Crippen LogP contribution in [0.2, 0.25) is 5.02 Å². The van der Waals surface area contributed by atoms with Crippen molar-refractivity contribution in [3.05, 3.63) is 59.1 Å². The molecule has 0 atom stereocenters. The summed E-state index contributed by atoms with van der Waals surface area (Å²) in [7, 11) is 1.55. The van der Waals surface area contributed by atoms with Crippen LogP contribution in [0.1, 0.15) is 10.4 Å². The second-order valence-corrected chi connectivity index (χ2v) is 4.91. The molecular formula is C16H15ClN2O3. The molecule has 0 radical (unpaired) electrons. The van der Waals surface area contributed by atoms with Crippen molar-refractivity contribution in [1.82, 2.24) is 5.32 Å². The third-order valence-electron chi connectivity index (χ3n) is 2.87. The normalized spacial score (nSPS) is 9.91. The third kappa shape index (κ3) is 4.49. The van der Waals surface area contributed by atoms with Crippen molar-refractivity contribution in [2.45, 2.75) is 0 Å². The van der Waals surface area contributed by atoms with Crippen LogP contribution in [0, 0.1) is 0 Å². The third-order valence-corrected chi connectivity index (χ3v) is 3.12. The molecule has 2 aromatic carbocycles. The first-order chi connectivity index (χ1) is 10.6. The molecule has 2 rings (SSSR count). The summed E-state index contributed by atoms with van der Waals surface area (Å²) in [6, 6.07) is 13.4. The molecule has 0 fully saturated rings. The maximum Gasteiger partial charge on any atom is 0.251 e. The summed E-state index contributed by atoms with van der Waals surface area (Å²) >= 11 is 5.75. The highest BCUT2D eigenvalue weighted by atomic mass is 35.5. The number of anilines is 1. The zero-order valence-corrected chi connectivity index (χ0v) is 12.7. The van der Waals surface area contributed by atoms with Crippen molar-refractivity contribution in [3.8, 4) is 5.75 Å². The van der Waals surface area contributed by atoms with E-state index in [0.29, 0.717) is 22.0 Å². The maximum absolute atomic E-state index is 11.9. The number of amides is 2. The van der Waals surface area contributed by atoms with E-state index in [2.05, 4.69) is 10.6 Å². The second kappa shape index (κ2) is 7.47. The first kappa shape index (κ1) is 15.9. The molecule has 2 amide bonds. The Balaban J connectivity index is 1.87. The largest absolute Gasteiger partial charge is 0.497 e. The van der Waals surface area contributed by atoms with E-state index in [4.69, 9.17) is 16.3 Å². The van der Waals surface area contributed by atoms with E-state index in [0.717, 1.165) is 0 Å². The fraction of sp³-hybridized carbons (Fsp3) is 0.125. The smallest absolute Gasteiger partial charge is 0.251 e. The lowest BCUT2D eigenvalue weighted by atomic mass is 10.2. The summed E-state index contributed by atoms with van der Waals surface area (Å²) in [5, 5.41) is 5.77. The van der Waals surface area contributed by atoms with Gasteiger partial charge in [-0.25, -0.2) is 0 Å². The van der Waals surface area contributed by atoms with Gasteiger partial charge in [-0.2, -0.15) is 0 Å². The lowest BCUT2D eigenvalue weighted by molar-refractivity contribution is -0.115. The Bertz CT molecular complexity index is 671. The quantitative estimate of drug-likeness (QED) is 0.890. The fourth-order valence-electron chi connectivity index (χ4n) is 1.77. The van der Waals surface area contributed by atoms with Crippen LogP contribution in [0.5, 0.6) is 5.75 Å². The molecule has 0 bridgehead atoms. The van der Waals surface area contributed by atoms with E-state index in [9.17, 15) is 9.59 Å². The van der Waals surface area contributed by atoms with Gasteiger partial charge in [0.1, 0.15) is 5.75 Å². The van der Waals surface area contributed by atoms with E-state index in [1.54, 1.807) is 55.6 Å². The van der Waals surface area contributed by atoms with Crippen molar-refractivity contribution in [2.75, 3.05) is 19.0 Å². The average Bonchev–Trinajstić information content (AvgIpc) is 2.53. The van der Waals surface area contributed by atoms with Gasteiger partial charge in [0.2, 0.25) is 5.91 Å². The number of nitrogens with one attached hydrogen (secondary N) is 2. The summed E-state index contributed by atoms with van der Waals surface area (Å²) < 4.78 is 5.07. The molecule has 0 aliphatic heterocycles. The highest BCUT2D eigenvalue weighted by molar-refractivity contribution is 6.30. The molecule has 6 heteroatoms. The molecule has 0 aliphatic rings. The maximum atomic E-state index is 11.9. The van der Waals surface area contributed by atoms with Gasteiger partial charge in [0.05, 0.1) is 13.7 Å². The van der Waals surface area contributed by atoms with Gasteiger partial charge >= 0.3 is 0 Å². The molecule has 0 saturated heterocycles. The zero-order valence-electron chi connectivity index (χ0n) is 11.9. The van der Waals surface area contributed by atoms with Crippen LogP contribution in [0.4, 0.5) is 5.69 Å². The summed E-state index contributed by atoms with van der Waals surface area (Å²) in [5.41, 5.74) is 1.05. The number of carbonyl (C=O) groups excluding carboxylic acids is 2. The van der Waals surface area contributed by atoms with Crippen LogP contribution in [0.3, 0.4) is 0 Å². The van der Waals surface area contributed by atoms with Gasteiger partial charge in [-0.3, -0.25) is 9.59 Å². The summed E-state index contributed by atoms with van der Waals surface area (Å²) in [4.78, 5) is 23.7. The molecule has 0 saturated carbocycles. The SMILES string of the molecule is COc1cccc(NC(=O)CNC(=O)c2ccc(Cl)cc2)c1. The number of hydrogen-bond donors (Lipinski definition) is 2. The highest BCUT2D eigenvalue weighted by Crippen LogP contribution is 2.16. The minimum Gasteiger partial charge on any atom is -0.497 e. The van der Waals surface area contributed by atoms with Gasteiger partial charge in [0.15, 0.2) is 0 Å². The topological polar surface area (TPSA) is 67.4 Å². The van der Waals surface area contributed by atoms with Crippen molar-refractivity contribution in [1.29, 1.82) is 0 Å². The highest BCUT2D eigenvalue weighted by Gasteiger charge is 2.08. The van der Waals surface area contributed by atoms with E-state index in [1.807, 2.05) is 0 Å². The van der Waals surface area contributed by atoms with Crippen molar-refractivity contribution < 1.29 is 14.3 Å². The standard InChI is InChI=1S/C16H15ClN2O3/c1-22-14-4-2-3-13(9-14)19-15(20)10-18-16(21)11-5-7-12(17)8-6-11/h2-9H,10H2,1H3,(H,18,21)(H,19,20). The molecule has 114 valence electrons. The van der Waals surface area contributed by atoms with Crippen LogP contribution in [0.25, 0.3) is 0 Å². The Morgan fingerprint density at radius 3 is 2.55 bits per heavy atom. The monoisotopic (exact) mass is 318 g/mol. The number of hydrogen-bond acceptors (Lipinski definition) is 3. The molecule has 0 aromatic heterocycles. The molecule has 5 nitrogen and oxygen atoms in total. The van der Waals surface area contributed by atoms with E-state index < -0.39 is 0 Å². The van der Waals surface area contributed by atoms with Crippen LogP contribution in [-0.4, -0.2) is 25.5 Å². The molecule has 0 heterocycles. The molecule has 0 aliphatic carbocycles. The first-order valence-corrected chi connectivity index (χ1v) is 6.94. The van der Waals surface area contributed by atoms with E-state index in [-0.39, 0.29) is 18.4 Å². The van der Waals surface area contributed by atoms with E-state index in [1.165, 1.54) is 0 Å². The number of halogens is 1. The minimum atomic E-state index is -0.336. The zero-order chi connectivity index (χ0) is 15.9. The van der Waals surface area contributed by atoms with Gasteiger partial charge in [-0.15, -0.1) is 0 Å². The van der Waals surface area contributed by atoms with Crippen LogP contribution in [-0.2, 0) is 4.79 Å². The average molecular weight is 319 g/mol. The molecule has 2 aromatic rings. The fourth-order valence-corrected chi connectivity index (χ4v) is 1.90. The van der Waals surface area contributed by atoms with Crippen molar-refractivity contribution in [2.24, 2.45) is 0 Å². The van der Waals surface area contributed by atoms with Crippen LogP contribution in [0.15, 0.2) is 48.5 Å². The predicted octanol–water partition coefficient (Wildman–Crippen LogP) is 2.72. The second-order valence-electron chi connectivity index (χ2n) is 4.47. The lowest BCUT2D eigenvalue weighted by Gasteiger charge is -2.08. The van der Waals surface area contributed by atoms with Gasteiger partial charge in [-0.05, 0) is 36.4 Å². The number of ether oxygens (including phenoxy) is 1. The number of rotatable bonds is 5. The summed E-state index contributed by atoms with van der Waals surface area (Å²) in [6.07, 6.45) is 0. The number of methoxy groups -OCH3 is 1. The Labute approximate surface area is 133 Å². The van der Waals surface area contributed by atoms with Crippen molar-refractivity contribution >= 4 is 29.1 Å². The summed E-state index contributed by atoms with van der Waals surface area (Å²) in [6.45, 7) is -0.126. The predicted molar refractivity (Wildman–Crippen MR) is 85.4 cm³/mol. The first-order valence-electron chi connectivity index (χ1n) is 6.56. The molecular weight excluding hydrogens is 304 g/mol. The Morgan fingerprint density at radius 1 is 1.14 bits per heavy atom. The van der Waals surface area contributed by atoms with E-state index >= 15 is 0 Å². The molecule has 0 unspecified atom stereocenters. The molecule has 0 spiro atoms. The van der Waals surface area contributed by atoms with Gasteiger partial charge < -0.3 is 15.4 Å². The van der Waals surface area contributed by atoms with Crippen LogP contribution < -0.4 is 15.4 Å². The Hall–Kier alpha value is -2.53. The van der Waals surface area contributed by atoms with Gasteiger partial charge in [-0.1, -0.05) is 17.7 Å². The molecule has 2 N–H and O–H groups in total. The van der Waals surface area contributed by atoms with Gasteiger partial charge in [0, 0.05) is 22.3 Å². The number of carbonyl (C=O) groups is 2. The van der Waals surface area contributed by atoms with Crippen LogP contribution >= 0.6 is 11.6 Å². The summed E-state index contributed by atoms with van der Waals surface area (Å²) in [5.74, 6) is -0.0176. The molecule has 22 heavy (non-hydrogen) atoms. The Kier molecular flexibility index (Phi) is 5.38. The number of benzene rings is 2. The minimum absolute atomic E-state index is 0.126.